The quantitative estimate of drug-likeness (QED) is 0.620. The largest absolute Gasteiger partial charge is 0.478 e. The molecule has 0 spiro atoms. The highest BCUT2D eigenvalue weighted by Crippen LogP contribution is 2.36. The maximum atomic E-state index is 13.5. The lowest BCUT2D eigenvalue weighted by Gasteiger charge is -2.32. The Morgan fingerprint density at radius 2 is 2.18 bits per heavy atom. The first-order valence-electron chi connectivity index (χ1n) is 11.2. The number of carbonyl (C=O) groups excluding carboxylic acids is 2. The predicted molar refractivity (Wildman–Crippen MR) is 127 cm³/mol. The smallest absolute Gasteiger partial charge is 0.265 e. The minimum atomic E-state index is -3.82. The number of sulfonamides is 1. The molecule has 4 rings (SSSR count). The number of carbonyl (C=O) groups is 2. The lowest BCUT2D eigenvalue weighted by Crippen LogP contribution is -2.45. The zero-order valence-corrected chi connectivity index (χ0v) is 20.4. The van der Waals surface area contributed by atoms with E-state index in [4.69, 9.17) is 4.74 Å². The minimum absolute atomic E-state index is 0.106. The number of hydrogen-bond acceptors (Lipinski definition) is 6. The number of nitrogens with one attached hydrogen (secondary N) is 2. The van der Waals surface area contributed by atoms with Gasteiger partial charge in [-0.05, 0) is 55.7 Å². The fraction of sp³-hybridized carbons (Fsp3) is 0.478. The fourth-order valence-electron chi connectivity index (χ4n) is 4.25. The van der Waals surface area contributed by atoms with Crippen LogP contribution in [0.4, 0.5) is 5.69 Å². The Morgan fingerprint density at radius 1 is 1.36 bits per heavy atom. The minimum Gasteiger partial charge on any atom is -0.478 e. The lowest BCUT2D eigenvalue weighted by atomic mass is 9.99. The van der Waals surface area contributed by atoms with Crippen LogP contribution in [-0.2, 0) is 26.0 Å². The van der Waals surface area contributed by atoms with E-state index < -0.39 is 16.1 Å². The van der Waals surface area contributed by atoms with E-state index in [1.165, 1.54) is 15.2 Å². The van der Waals surface area contributed by atoms with Crippen LogP contribution >= 0.6 is 11.3 Å². The van der Waals surface area contributed by atoms with Crippen molar-refractivity contribution >= 4 is 38.9 Å². The van der Waals surface area contributed by atoms with Crippen LogP contribution in [0.2, 0.25) is 0 Å². The number of amides is 2. The van der Waals surface area contributed by atoms with Gasteiger partial charge in [0, 0.05) is 30.6 Å². The normalized spacial score (nSPS) is 21.1. The van der Waals surface area contributed by atoms with Crippen molar-refractivity contribution in [2.45, 2.75) is 50.5 Å². The summed E-state index contributed by atoms with van der Waals surface area (Å²) in [5.74, 6) is -0.366. The standard InChI is InChI=1S/C23H29N3O5S2/c1-3-19-23(28)25-18-12-15(2)21(13-20(18)31-19)33(29,30)26-10-4-6-16(14-26)22(27)24-9-8-17-7-5-11-32-17/h5,7,11-13,16,19H,3-4,6,8-10,14H2,1-2H3,(H,24,27)(H,25,28)/t16-,19+/m1/s1. The molecule has 2 aliphatic rings. The summed E-state index contributed by atoms with van der Waals surface area (Å²) in [5.41, 5.74) is 0.998. The van der Waals surface area contributed by atoms with Crippen LogP contribution in [0.25, 0.3) is 0 Å². The lowest BCUT2D eigenvalue weighted by molar-refractivity contribution is -0.126. The van der Waals surface area contributed by atoms with Gasteiger partial charge in [-0.15, -0.1) is 11.3 Å². The summed E-state index contributed by atoms with van der Waals surface area (Å²) in [6.45, 7) is 4.59. The molecule has 0 radical (unpaired) electrons. The van der Waals surface area contributed by atoms with Crippen molar-refractivity contribution in [3.05, 3.63) is 40.1 Å². The van der Waals surface area contributed by atoms with E-state index in [-0.39, 0.29) is 29.2 Å². The predicted octanol–water partition coefficient (Wildman–Crippen LogP) is 2.93. The van der Waals surface area contributed by atoms with Crippen LogP contribution in [-0.4, -0.2) is 50.3 Å². The Kier molecular flexibility index (Phi) is 7.06. The molecule has 0 bridgehead atoms. The number of piperidine rings is 1. The number of fused-ring (bicyclic) bond motifs is 1. The van der Waals surface area contributed by atoms with E-state index >= 15 is 0 Å². The molecule has 0 aliphatic carbocycles. The third-order valence-corrected chi connectivity index (χ3v) is 9.03. The second-order valence-corrected chi connectivity index (χ2v) is 11.4. The molecule has 2 N–H and O–H groups in total. The molecular weight excluding hydrogens is 462 g/mol. The Morgan fingerprint density at radius 3 is 2.91 bits per heavy atom. The maximum Gasteiger partial charge on any atom is 0.265 e. The molecule has 0 unspecified atom stereocenters. The number of ether oxygens (including phenoxy) is 1. The molecule has 178 valence electrons. The van der Waals surface area contributed by atoms with Crippen LogP contribution in [0.1, 0.15) is 36.6 Å². The number of hydrogen-bond donors (Lipinski definition) is 2. The Bertz CT molecular complexity index is 1130. The Balaban J connectivity index is 1.46. The highest BCUT2D eigenvalue weighted by Gasteiger charge is 2.35. The van der Waals surface area contributed by atoms with Crippen molar-refractivity contribution in [2.75, 3.05) is 25.0 Å². The summed E-state index contributed by atoms with van der Waals surface area (Å²) in [4.78, 5) is 26.1. The second-order valence-electron chi connectivity index (χ2n) is 8.44. The first kappa shape index (κ1) is 23.7. The third-order valence-electron chi connectivity index (χ3n) is 6.09. The van der Waals surface area contributed by atoms with Crippen molar-refractivity contribution in [2.24, 2.45) is 5.92 Å². The van der Waals surface area contributed by atoms with E-state index in [0.29, 0.717) is 49.4 Å². The Labute approximate surface area is 198 Å². The number of thiophene rings is 1. The molecule has 2 aromatic rings. The highest BCUT2D eigenvalue weighted by molar-refractivity contribution is 7.89. The summed E-state index contributed by atoms with van der Waals surface area (Å²) in [7, 11) is -3.82. The molecule has 1 aromatic heterocycles. The van der Waals surface area contributed by atoms with Gasteiger partial charge >= 0.3 is 0 Å². The first-order chi connectivity index (χ1) is 15.8. The zero-order valence-electron chi connectivity index (χ0n) is 18.8. The van der Waals surface area contributed by atoms with Gasteiger partial charge in [-0.3, -0.25) is 9.59 Å². The van der Waals surface area contributed by atoms with Crippen LogP contribution in [0, 0.1) is 12.8 Å². The van der Waals surface area contributed by atoms with Crippen LogP contribution in [0.3, 0.4) is 0 Å². The van der Waals surface area contributed by atoms with E-state index in [1.807, 2.05) is 24.4 Å². The van der Waals surface area contributed by atoms with E-state index in [9.17, 15) is 18.0 Å². The SMILES string of the molecule is CC[C@@H]1Oc2cc(S(=O)(=O)N3CCC[C@@H](C(=O)NCCc4cccs4)C3)c(C)cc2NC1=O. The summed E-state index contributed by atoms with van der Waals surface area (Å²) in [6.07, 6.45) is 1.88. The summed E-state index contributed by atoms with van der Waals surface area (Å²) in [5, 5.41) is 7.75. The molecule has 2 atom stereocenters. The van der Waals surface area contributed by atoms with Gasteiger partial charge in [0.25, 0.3) is 5.91 Å². The van der Waals surface area contributed by atoms with Crippen LogP contribution < -0.4 is 15.4 Å². The van der Waals surface area contributed by atoms with Gasteiger partial charge in [0.2, 0.25) is 15.9 Å². The van der Waals surface area contributed by atoms with Gasteiger partial charge in [0.15, 0.2) is 6.10 Å². The van der Waals surface area contributed by atoms with Crippen LogP contribution in [0.5, 0.6) is 5.75 Å². The van der Waals surface area contributed by atoms with Crippen molar-refractivity contribution in [3.63, 3.8) is 0 Å². The molecule has 33 heavy (non-hydrogen) atoms. The fourth-order valence-corrected chi connectivity index (χ4v) is 6.71. The van der Waals surface area contributed by atoms with Crippen molar-refractivity contribution in [1.29, 1.82) is 0 Å². The van der Waals surface area contributed by atoms with Crippen molar-refractivity contribution < 1.29 is 22.7 Å². The van der Waals surface area contributed by atoms with Gasteiger partial charge < -0.3 is 15.4 Å². The molecule has 2 amide bonds. The van der Waals surface area contributed by atoms with E-state index in [1.54, 1.807) is 24.3 Å². The van der Waals surface area contributed by atoms with Crippen LogP contribution in [0.15, 0.2) is 34.5 Å². The molecule has 1 saturated heterocycles. The number of anilines is 1. The molecule has 1 fully saturated rings. The monoisotopic (exact) mass is 491 g/mol. The number of rotatable bonds is 7. The average Bonchev–Trinajstić information content (AvgIpc) is 3.31. The first-order valence-corrected chi connectivity index (χ1v) is 13.5. The molecule has 10 heteroatoms. The zero-order chi connectivity index (χ0) is 23.6. The van der Waals surface area contributed by atoms with Crippen molar-refractivity contribution in [1.82, 2.24) is 9.62 Å². The van der Waals surface area contributed by atoms with E-state index in [0.717, 1.165) is 6.42 Å². The van der Waals surface area contributed by atoms with Gasteiger partial charge in [0.05, 0.1) is 16.5 Å². The second kappa shape index (κ2) is 9.82. The number of benzene rings is 1. The molecule has 2 aliphatic heterocycles. The molecule has 1 aromatic carbocycles. The topological polar surface area (TPSA) is 105 Å². The Hall–Kier alpha value is -2.43. The summed E-state index contributed by atoms with van der Waals surface area (Å²) >= 11 is 1.65. The summed E-state index contributed by atoms with van der Waals surface area (Å²) in [6, 6.07) is 7.14. The molecular formula is C23H29N3O5S2. The van der Waals surface area contributed by atoms with Gasteiger partial charge in [-0.25, -0.2) is 8.42 Å². The van der Waals surface area contributed by atoms with E-state index in [2.05, 4.69) is 10.6 Å². The molecule has 3 heterocycles. The third kappa shape index (κ3) is 5.07. The number of nitrogens with zero attached hydrogens (tertiary/aromatic N) is 1. The molecule has 0 saturated carbocycles. The van der Waals surface area contributed by atoms with Crippen molar-refractivity contribution in [3.8, 4) is 5.75 Å². The highest BCUT2D eigenvalue weighted by atomic mass is 32.2. The summed E-state index contributed by atoms with van der Waals surface area (Å²) < 4.78 is 34.1. The van der Waals surface area contributed by atoms with Gasteiger partial charge in [0.1, 0.15) is 5.75 Å². The maximum absolute atomic E-state index is 13.5. The number of aryl methyl sites for hydroxylation is 1. The van der Waals surface area contributed by atoms with Gasteiger partial charge in [-0.1, -0.05) is 13.0 Å². The average molecular weight is 492 g/mol. The molecule has 8 nitrogen and oxygen atoms in total. The van der Waals surface area contributed by atoms with Gasteiger partial charge in [-0.2, -0.15) is 4.31 Å².